The molecule has 0 aromatic heterocycles. The second kappa shape index (κ2) is 8.21. The number of benzene rings is 2. The number of nitrogens with one attached hydrogen (secondary N) is 1. The summed E-state index contributed by atoms with van der Waals surface area (Å²) in [4.78, 5) is 12.5. The molecule has 2 aromatic rings. The molecule has 6 nitrogen and oxygen atoms in total. The fourth-order valence-electron chi connectivity index (χ4n) is 2.23. The van der Waals surface area contributed by atoms with Crippen LogP contribution in [0.15, 0.2) is 36.4 Å². The number of ether oxygens (including phenoxy) is 3. The fraction of sp³-hybridized carbons (Fsp3) is 0.278. The maximum absolute atomic E-state index is 12.5. The molecule has 0 bridgehead atoms. The molecule has 3 N–H and O–H groups in total. The highest BCUT2D eigenvalue weighted by Gasteiger charge is 2.14. The van der Waals surface area contributed by atoms with Crippen LogP contribution in [0.5, 0.6) is 17.2 Å². The number of hydrogen-bond donors (Lipinski definition) is 2. The zero-order valence-corrected chi connectivity index (χ0v) is 14.1. The van der Waals surface area contributed by atoms with Crippen molar-refractivity contribution < 1.29 is 19.0 Å². The molecule has 0 fully saturated rings. The third kappa shape index (κ3) is 4.17. The quantitative estimate of drug-likeness (QED) is 0.815. The van der Waals surface area contributed by atoms with Gasteiger partial charge < -0.3 is 25.3 Å². The van der Waals surface area contributed by atoms with E-state index in [1.165, 1.54) is 7.11 Å². The van der Waals surface area contributed by atoms with Gasteiger partial charge >= 0.3 is 0 Å². The number of amides is 1. The van der Waals surface area contributed by atoms with Crippen molar-refractivity contribution in [1.82, 2.24) is 0 Å². The molecule has 0 aliphatic carbocycles. The highest BCUT2D eigenvalue weighted by atomic mass is 16.5. The Morgan fingerprint density at radius 1 is 1.08 bits per heavy atom. The van der Waals surface area contributed by atoms with Gasteiger partial charge in [-0.25, -0.2) is 0 Å². The van der Waals surface area contributed by atoms with Crippen molar-refractivity contribution in [3.05, 3.63) is 47.5 Å². The molecule has 128 valence electrons. The Morgan fingerprint density at radius 2 is 1.71 bits per heavy atom. The van der Waals surface area contributed by atoms with E-state index in [-0.39, 0.29) is 5.91 Å². The van der Waals surface area contributed by atoms with E-state index in [1.807, 2.05) is 6.92 Å². The summed E-state index contributed by atoms with van der Waals surface area (Å²) in [6, 6.07) is 10.6. The number of carbonyl (C=O) groups is 1. The molecule has 0 aliphatic rings. The van der Waals surface area contributed by atoms with Gasteiger partial charge in [-0.3, -0.25) is 4.79 Å². The summed E-state index contributed by atoms with van der Waals surface area (Å²) in [6.45, 7) is 2.76. The van der Waals surface area contributed by atoms with Crippen LogP contribution in [0.25, 0.3) is 0 Å². The van der Waals surface area contributed by atoms with Crippen LogP contribution in [0.1, 0.15) is 15.9 Å². The molecular formula is C18H22N2O4. The average Bonchev–Trinajstić information content (AvgIpc) is 2.60. The molecule has 1 amide bonds. The van der Waals surface area contributed by atoms with Crippen LogP contribution >= 0.6 is 0 Å². The highest BCUT2D eigenvalue weighted by molar-refractivity contribution is 6.05. The number of hydrogen-bond acceptors (Lipinski definition) is 5. The minimum Gasteiger partial charge on any atom is -0.493 e. The molecule has 0 aliphatic heterocycles. The SMILES string of the molecule is COc1cc(C)c(C(=O)Nc2ccc(OCCN)cc2)cc1OC. The molecule has 0 saturated heterocycles. The van der Waals surface area contributed by atoms with Crippen LogP contribution in [-0.2, 0) is 0 Å². The standard InChI is InChI=1S/C18H22N2O4/c1-12-10-16(22-2)17(23-3)11-15(12)18(21)20-13-4-6-14(7-5-13)24-9-8-19/h4-7,10-11H,8-9,19H2,1-3H3,(H,20,21). The van der Waals surface area contributed by atoms with Crippen LogP contribution in [-0.4, -0.2) is 33.3 Å². The van der Waals surface area contributed by atoms with Crippen molar-refractivity contribution in [2.75, 3.05) is 32.7 Å². The van der Waals surface area contributed by atoms with Gasteiger partial charge in [0.2, 0.25) is 0 Å². The first kappa shape index (κ1) is 17.6. The molecule has 0 radical (unpaired) electrons. The Balaban J connectivity index is 2.14. The summed E-state index contributed by atoms with van der Waals surface area (Å²) in [5, 5.41) is 2.86. The van der Waals surface area contributed by atoms with Crippen LogP contribution < -0.4 is 25.3 Å². The van der Waals surface area contributed by atoms with Gasteiger partial charge in [-0.2, -0.15) is 0 Å². The van der Waals surface area contributed by atoms with Crippen LogP contribution in [0.4, 0.5) is 5.69 Å². The smallest absolute Gasteiger partial charge is 0.256 e. The van der Waals surface area contributed by atoms with Crippen molar-refractivity contribution in [3.8, 4) is 17.2 Å². The number of aryl methyl sites for hydroxylation is 1. The third-order valence-corrected chi connectivity index (χ3v) is 3.47. The van der Waals surface area contributed by atoms with Gasteiger partial charge in [-0.15, -0.1) is 0 Å². The molecule has 24 heavy (non-hydrogen) atoms. The topological polar surface area (TPSA) is 82.8 Å². The van der Waals surface area contributed by atoms with Gasteiger partial charge in [0.05, 0.1) is 14.2 Å². The Morgan fingerprint density at radius 3 is 2.29 bits per heavy atom. The predicted molar refractivity (Wildman–Crippen MR) is 93.2 cm³/mol. The van der Waals surface area contributed by atoms with Gasteiger partial charge in [0.25, 0.3) is 5.91 Å². The van der Waals surface area contributed by atoms with Crippen LogP contribution in [0.2, 0.25) is 0 Å². The molecule has 2 aromatic carbocycles. The molecule has 0 saturated carbocycles. The van der Waals surface area contributed by atoms with Gasteiger partial charge in [-0.05, 0) is 48.9 Å². The molecule has 2 rings (SSSR count). The minimum absolute atomic E-state index is 0.218. The van der Waals surface area contributed by atoms with E-state index in [4.69, 9.17) is 19.9 Å². The van der Waals surface area contributed by atoms with E-state index >= 15 is 0 Å². The zero-order chi connectivity index (χ0) is 17.5. The Hall–Kier alpha value is -2.73. The summed E-state index contributed by atoms with van der Waals surface area (Å²) >= 11 is 0. The Bertz CT molecular complexity index is 699. The first-order valence-electron chi connectivity index (χ1n) is 7.56. The lowest BCUT2D eigenvalue weighted by Crippen LogP contribution is -2.14. The summed E-state index contributed by atoms with van der Waals surface area (Å²) < 4.78 is 15.9. The van der Waals surface area contributed by atoms with Gasteiger partial charge in [0.15, 0.2) is 11.5 Å². The van der Waals surface area contributed by atoms with Crippen molar-refractivity contribution in [2.45, 2.75) is 6.92 Å². The van der Waals surface area contributed by atoms with Gasteiger partial charge in [-0.1, -0.05) is 0 Å². The van der Waals surface area contributed by atoms with E-state index in [2.05, 4.69) is 5.32 Å². The van der Waals surface area contributed by atoms with E-state index in [0.717, 1.165) is 5.56 Å². The molecular weight excluding hydrogens is 308 g/mol. The lowest BCUT2D eigenvalue weighted by molar-refractivity contribution is 0.102. The first-order chi connectivity index (χ1) is 11.6. The van der Waals surface area contributed by atoms with E-state index in [9.17, 15) is 4.79 Å². The number of carbonyl (C=O) groups excluding carboxylic acids is 1. The number of methoxy groups -OCH3 is 2. The zero-order valence-electron chi connectivity index (χ0n) is 14.1. The first-order valence-corrected chi connectivity index (χ1v) is 7.56. The molecule has 0 unspecified atom stereocenters. The van der Waals surface area contributed by atoms with E-state index in [1.54, 1.807) is 43.5 Å². The summed E-state index contributed by atoms with van der Waals surface area (Å²) in [5.74, 6) is 1.59. The van der Waals surface area contributed by atoms with Crippen molar-refractivity contribution in [2.24, 2.45) is 5.73 Å². The lowest BCUT2D eigenvalue weighted by Gasteiger charge is -2.13. The largest absolute Gasteiger partial charge is 0.493 e. The van der Waals surface area contributed by atoms with Crippen molar-refractivity contribution in [1.29, 1.82) is 0 Å². The number of nitrogens with two attached hydrogens (primary N) is 1. The molecule has 0 atom stereocenters. The van der Waals surface area contributed by atoms with E-state index in [0.29, 0.717) is 41.7 Å². The van der Waals surface area contributed by atoms with Crippen LogP contribution in [0.3, 0.4) is 0 Å². The fourth-order valence-corrected chi connectivity index (χ4v) is 2.23. The maximum Gasteiger partial charge on any atom is 0.256 e. The summed E-state index contributed by atoms with van der Waals surface area (Å²) in [6.07, 6.45) is 0. The third-order valence-electron chi connectivity index (χ3n) is 3.47. The average molecular weight is 330 g/mol. The maximum atomic E-state index is 12.5. The summed E-state index contributed by atoms with van der Waals surface area (Å²) in [7, 11) is 3.10. The van der Waals surface area contributed by atoms with Gasteiger partial charge in [0.1, 0.15) is 12.4 Å². The van der Waals surface area contributed by atoms with Crippen molar-refractivity contribution in [3.63, 3.8) is 0 Å². The predicted octanol–water partition coefficient (Wildman–Crippen LogP) is 2.60. The molecule has 0 spiro atoms. The lowest BCUT2D eigenvalue weighted by atomic mass is 10.1. The summed E-state index contributed by atoms with van der Waals surface area (Å²) in [5.41, 5.74) is 7.39. The normalized spacial score (nSPS) is 10.2. The monoisotopic (exact) mass is 330 g/mol. The molecule has 6 heteroatoms. The van der Waals surface area contributed by atoms with Crippen LogP contribution in [0, 0.1) is 6.92 Å². The highest BCUT2D eigenvalue weighted by Crippen LogP contribution is 2.30. The van der Waals surface area contributed by atoms with E-state index < -0.39 is 0 Å². The minimum atomic E-state index is -0.218. The number of rotatable bonds is 7. The molecule has 0 heterocycles. The Kier molecular flexibility index (Phi) is 6.03. The van der Waals surface area contributed by atoms with Gasteiger partial charge in [0, 0.05) is 17.8 Å². The second-order valence-electron chi connectivity index (χ2n) is 5.14. The number of anilines is 1. The second-order valence-corrected chi connectivity index (χ2v) is 5.14. The van der Waals surface area contributed by atoms with Crippen molar-refractivity contribution >= 4 is 11.6 Å². The Labute approximate surface area is 141 Å².